The van der Waals surface area contributed by atoms with E-state index in [1.54, 1.807) is 23.0 Å². The van der Waals surface area contributed by atoms with Gasteiger partial charge < -0.3 is 5.73 Å². The number of piperidine rings is 1. The van der Waals surface area contributed by atoms with E-state index in [4.69, 9.17) is 5.73 Å². The van der Waals surface area contributed by atoms with Crippen LogP contribution in [0.2, 0.25) is 0 Å². The zero-order valence-electron chi connectivity index (χ0n) is 9.40. The number of rotatable bonds is 4. The first kappa shape index (κ1) is 13.3. The van der Waals surface area contributed by atoms with Crippen LogP contribution in [0.25, 0.3) is 0 Å². The van der Waals surface area contributed by atoms with Crippen LogP contribution in [0.15, 0.2) is 0 Å². The molecule has 1 fully saturated rings. The van der Waals surface area contributed by atoms with E-state index in [0.717, 1.165) is 12.8 Å². The van der Waals surface area contributed by atoms with E-state index in [2.05, 4.69) is 6.26 Å². The minimum atomic E-state index is -3.00. The summed E-state index contributed by atoms with van der Waals surface area (Å²) in [6.07, 6.45) is 3.78. The lowest BCUT2D eigenvalue weighted by molar-refractivity contribution is 0.302. The van der Waals surface area contributed by atoms with Crippen LogP contribution in [-0.2, 0) is 10.0 Å². The molecule has 0 atom stereocenters. The Hall–Kier alpha value is 0.220. The molecular formula is C9H20N2O2S2. The predicted molar refractivity (Wildman–Crippen MR) is 65.6 cm³/mol. The van der Waals surface area contributed by atoms with Gasteiger partial charge >= 0.3 is 0 Å². The molecular weight excluding hydrogens is 232 g/mol. The van der Waals surface area contributed by atoms with Crippen LogP contribution in [0.3, 0.4) is 0 Å². The first-order valence-corrected chi connectivity index (χ1v) is 8.06. The Morgan fingerprint density at radius 3 is 2.27 bits per heavy atom. The quantitative estimate of drug-likeness (QED) is 0.791. The molecule has 4 nitrogen and oxygen atoms in total. The molecule has 0 radical (unpaired) electrons. The second kappa shape index (κ2) is 5.03. The Bertz CT molecular complexity index is 289. The number of nitrogens with zero attached hydrogens (tertiary/aromatic N) is 1. The number of thioether (sulfide) groups is 1. The Morgan fingerprint density at radius 2 is 1.93 bits per heavy atom. The summed E-state index contributed by atoms with van der Waals surface area (Å²) in [7, 11) is -3.00. The minimum Gasteiger partial charge on any atom is -0.329 e. The van der Waals surface area contributed by atoms with Gasteiger partial charge in [-0.1, -0.05) is 0 Å². The smallest absolute Gasteiger partial charge is 0.213 e. The maximum atomic E-state index is 11.6. The zero-order chi connectivity index (χ0) is 11.5. The van der Waals surface area contributed by atoms with E-state index in [1.165, 1.54) is 0 Å². The predicted octanol–water partition coefficient (Wildman–Crippen LogP) is 0.492. The van der Waals surface area contributed by atoms with Crippen LogP contribution in [0.4, 0.5) is 0 Å². The van der Waals surface area contributed by atoms with Crippen LogP contribution >= 0.6 is 11.8 Å². The van der Waals surface area contributed by atoms with Crippen molar-refractivity contribution in [3.05, 3.63) is 0 Å². The average Bonchev–Trinajstić information content (AvgIpc) is 2.29. The van der Waals surface area contributed by atoms with Crippen molar-refractivity contribution in [3.63, 3.8) is 0 Å². The van der Waals surface area contributed by atoms with E-state index in [1.807, 2.05) is 0 Å². The van der Waals surface area contributed by atoms with Crippen LogP contribution in [0.1, 0.15) is 19.8 Å². The Morgan fingerprint density at radius 1 is 1.40 bits per heavy atom. The highest BCUT2D eigenvalue weighted by molar-refractivity contribution is 8.00. The van der Waals surface area contributed by atoms with Gasteiger partial charge in [0.1, 0.15) is 0 Å². The molecule has 0 aliphatic carbocycles. The van der Waals surface area contributed by atoms with Crippen LogP contribution < -0.4 is 5.73 Å². The standard InChI is InChI=1S/C9H20N2O2S2/c1-3-15(12,13)11-6-4-9(8-10,14-2)5-7-11/h3-8,10H2,1-2H3. The molecule has 6 heteroatoms. The molecule has 0 aromatic heterocycles. The van der Waals surface area contributed by atoms with Crippen molar-refractivity contribution in [3.8, 4) is 0 Å². The molecule has 0 unspecified atom stereocenters. The van der Waals surface area contributed by atoms with E-state index >= 15 is 0 Å². The molecule has 90 valence electrons. The van der Waals surface area contributed by atoms with Gasteiger partial charge in [0.2, 0.25) is 10.0 Å². The lowest BCUT2D eigenvalue weighted by Crippen LogP contribution is -2.48. The third-order valence-electron chi connectivity index (χ3n) is 3.20. The van der Waals surface area contributed by atoms with Gasteiger partial charge in [0.15, 0.2) is 0 Å². The SMILES string of the molecule is CCS(=O)(=O)N1CCC(CN)(SC)CC1. The van der Waals surface area contributed by atoms with Gasteiger partial charge in [-0.3, -0.25) is 0 Å². The van der Waals surface area contributed by atoms with Gasteiger partial charge in [0.25, 0.3) is 0 Å². The molecule has 0 spiro atoms. The molecule has 0 saturated carbocycles. The third-order valence-corrected chi connectivity index (χ3v) is 6.52. The lowest BCUT2D eigenvalue weighted by Gasteiger charge is -2.39. The van der Waals surface area contributed by atoms with Crippen molar-refractivity contribution in [1.82, 2.24) is 4.31 Å². The fraction of sp³-hybridized carbons (Fsp3) is 1.00. The van der Waals surface area contributed by atoms with Crippen LogP contribution in [-0.4, -0.2) is 49.1 Å². The molecule has 1 saturated heterocycles. The fourth-order valence-electron chi connectivity index (χ4n) is 1.85. The van der Waals surface area contributed by atoms with Gasteiger partial charge in [-0.25, -0.2) is 12.7 Å². The van der Waals surface area contributed by atoms with E-state index in [9.17, 15) is 8.42 Å². The topological polar surface area (TPSA) is 63.4 Å². The first-order valence-electron chi connectivity index (χ1n) is 5.23. The number of nitrogens with two attached hydrogens (primary N) is 1. The summed E-state index contributed by atoms with van der Waals surface area (Å²) in [6.45, 7) is 3.56. The van der Waals surface area contributed by atoms with Crippen molar-refractivity contribution in [2.45, 2.75) is 24.5 Å². The number of hydrogen-bond donors (Lipinski definition) is 1. The average molecular weight is 252 g/mol. The van der Waals surface area contributed by atoms with Crippen LogP contribution in [0.5, 0.6) is 0 Å². The highest BCUT2D eigenvalue weighted by Gasteiger charge is 2.35. The molecule has 2 N–H and O–H groups in total. The van der Waals surface area contributed by atoms with Crippen molar-refractivity contribution in [1.29, 1.82) is 0 Å². The highest BCUT2D eigenvalue weighted by Crippen LogP contribution is 2.34. The zero-order valence-corrected chi connectivity index (χ0v) is 11.0. The van der Waals surface area contributed by atoms with Crippen molar-refractivity contribution < 1.29 is 8.42 Å². The Kier molecular flexibility index (Phi) is 4.46. The largest absolute Gasteiger partial charge is 0.329 e. The molecule has 1 aliphatic heterocycles. The summed E-state index contributed by atoms with van der Waals surface area (Å²) in [6, 6.07) is 0. The first-order chi connectivity index (χ1) is 6.99. The summed E-state index contributed by atoms with van der Waals surface area (Å²) < 4.78 is 25.0. The minimum absolute atomic E-state index is 0.0970. The van der Waals surface area contributed by atoms with E-state index in [-0.39, 0.29) is 10.5 Å². The van der Waals surface area contributed by atoms with Crippen LogP contribution in [0, 0.1) is 0 Å². The molecule has 1 rings (SSSR count). The normalized spacial score (nSPS) is 22.9. The van der Waals surface area contributed by atoms with Gasteiger partial charge in [-0.15, -0.1) is 0 Å². The maximum Gasteiger partial charge on any atom is 0.213 e. The Balaban J connectivity index is 2.63. The summed E-state index contributed by atoms with van der Waals surface area (Å²) in [5, 5.41) is 0. The van der Waals surface area contributed by atoms with Crippen molar-refractivity contribution >= 4 is 21.8 Å². The highest BCUT2D eigenvalue weighted by atomic mass is 32.2. The molecule has 0 aromatic carbocycles. The third kappa shape index (κ3) is 2.87. The van der Waals surface area contributed by atoms with Crippen molar-refractivity contribution in [2.24, 2.45) is 5.73 Å². The van der Waals surface area contributed by atoms with Crippen molar-refractivity contribution in [2.75, 3.05) is 31.6 Å². The van der Waals surface area contributed by atoms with Gasteiger partial charge in [0.05, 0.1) is 5.75 Å². The Labute approximate surface area is 96.6 Å². The van der Waals surface area contributed by atoms with Gasteiger partial charge in [0, 0.05) is 24.4 Å². The molecule has 0 aromatic rings. The molecule has 15 heavy (non-hydrogen) atoms. The second-order valence-electron chi connectivity index (χ2n) is 3.89. The van der Waals surface area contributed by atoms with Gasteiger partial charge in [-0.2, -0.15) is 11.8 Å². The summed E-state index contributed by atoms with van der Waals surface area (Å²) in [4.78, 5) is 0. The number of hydrogen-bond acceptors (Lipinski definition) is 4. The summed E-state index contributed by atoms with van der Waals surface area (Å²) >= 11 is 1.77. The fourth-order valence-corrected chi connectivity index (χ4v) is 3.71. The van der Waals surface area contributed by atoms with Gasteiger partial charge in [-0.05, 0) is 26.0 Å². The maximum absolute atomic E-state index is 11.6. The van der Waals surface area contributed by atoms with E-state index < -0.39 is 10.0 Å². The lowest BCUT2D eigenvalue weighted by atomic mass is 9.97. The summed E-state index contributed by atoms with van der Waals surface area (Å²) in [5.41, 5.74) is 5.75. The molecule has 0 amide bonds. The second-order valence-corrected chi connectivity index (χ2v) is 7.42. The summed E-state index contributed by atoms with van der Waals surface area (Å²) in [5.74, 6) is 0.196. The number of sulfonamides is 1. The molecule has 1 heterocycles. The molecule has 1 aliphatic rings. The monoisotopic (exact) mass is 252 g/mol. The molecule has 0 bridgehead atoms. The van der Waals surface area contributed by atoms with E-state index in [0.29, 0.717) is 19.6 Å².